The summed E-state index contributed by atoms with van der Waals surface area (Å²) in [5.74, 6) is -1.46. The van der Waals surface area contributed by atoms with Gasteiger partial charge in [0.15, 0.2) is 0 Å². The Kier molecular flexibility index (Phi) is 3.38. The molecule has 6 heteroatoms. The Balaban J connectivity index is 2.62. The summed E-state index contributed by atoms with van der Waals surface area (Å²) in [7, 11) is 0. The van der Waals surface area contributed by atoms with E-state index in [-0.39, 0.29) is 11.3 Å². The van der Waals surface area contributed by atoms with Gasteiger partial charge in [0.05, 0.1) is 4.92 Å². The summed E-state index contributed by atoms with van der Waals surface area (Å²) in [6, 6.07) is 7.07. The van der Waals surface area contributed by atoms with Crippen LogP contribution in [0.3, 0.4) is 0 Å². The first-order valence-corrected chi connectivity index (χ1v) is 5.67. The molecule has 0 bridgehead atoms. The van der Waals surface area contributed by atoms with Gasteiger partial charge in [-0.05, 0) is 18.2 Å². The lowest BCUT2D eigenvalue weighted by Crippen LogP contribution is -1.91. The third-order valence-electron chi connectivity index (χ3n) is 2.38. The molecule has 0 saturated heterocycles. The van der Waals surface area contributed by atoms with Gasteiger partial charge in [-0.15, -0.1) is 0 Å². The molecule has 0 radical (unpaired) electrons. The lowest BCUT2D eigenvalue weighted by atomic mass is 10.0. The molecule has 2 aromatic carbocycles. The molecule has 92 valence electrons. The van der Waals surface area contributed by atoms with E-state index in [1.54, 1.807) is 0 Å². The van der Waals surface area contributed by atoms with Gasteiger partial charge in [-0.1, -0.05) is 15.9 Å². The Labute approximate surface area is 109 Å². The molecule has 3 nitrogen and oxygen atoms in total. The molecule has 0 N–H and O–H groups in total. The number of halogens is 3. The molecule has 0 aliphatic rings. The fraction of sp³-hybridized carbons (Fsp3) is 0. The van der Waals surface area contributed by atoms with Crippen LogP contribution in [-0.2, 0) is 0 Å². The van der Waals surface area contributed by atoms with Crippen molar-refractivity contribution in [3.05, 3.63) is 62.6 Å². The van der Waals surface area contributed by atoms with E-state index in [2.05, 4.69) is 15.9 Å². The SMILES string of the molecule is O=[N+]([O-])c1ccc(Br)c(-c2ccc(F)cc2F)c1. The third-order valence-corrected chi connectivity index (χ3v) is 3.07. The van der Waals surface area contributed by atoms with Crippen molar-refractivity contribution >= 4 is 21.6 Å². The number of non-ortho nitro benzene ring substituents is 1. The molecule has 0 fully saturated rings. The van der Waals surface area contributed by atoms with Crippen LogP contribution in [0.4, 0.5) is 14.5 Å². The zero-order valence-electron chi connectivity index (χ0n) is 8.86. The number of nitro benzene ring substituents is 1. The number of nitro groups is 1. The quantitative estimate of drug-likeness (QED) is 0.612. The first-order chi connectivity index (χ1) is 8.49. The number of benzene rings is 2. The first kappa shape index (κ1) is 12.6. The molecular weight excluding hydrogens is 308 g/mol. The van der Waals surface area contributed by atoms with E-state index in [1.807, 2.05) is 0 Å². The largest absolute Gasteiger partial charge is 0.270 e. The summed E-state index contributed by atoms with van der Waals surface area (Å²) in [6.07, 6.45) is 0. The first-order valence-electron chi connectivity index (χ1n) is 4.88. The zero-order valence-corrected chi connectivity index (χ0v) is 10.4. The second-order valence-electron chi connectivity index (χ2n) is 3.55. The number of hydrogen-bond acceptors (Lipinski definition) is 2. The summed E-state index contributed by atoms with van der Waals surface area (Å²) in [4.78, 5) is 10.1. The fourth-order valence-electron chi connectivity index (χ4n) is 1.54. The average Bonchev–Trinajstić information content (AvgIpc) is 2.30. The molecule has 2 aromatic rings. The van der Waals surface area contributed by atoms with Crippen LogP contribution in [0, 0.1) is 21.7 Å². The van der Waals surface area contributed by atoms with Crippen LogP contribution in [0.15, 0.2) is 40.9 Å². The van der Waals surface area contributed by atoms with Crippen molar-refractivity contribution < 1.29 is 13.7 Å². The van der Waals surface area contributed by atoms with Gasteiger partial charge in [0.25, 0.3) is 5.69 Å². The van der Waals surface area contributed by atoms with Gasteiger partial charge in [-0.2, -0.15) is 0 Å². The van der Waals surface area contributed by atoms with Crippen molar-refractivity contribution in [3.8, 4) is 11.1 Å². The second kappa shape index (κ2) is 4.81. The summed E-state index contributed by atoms with van der Waals surface area (Å²) < 4.78 is 26.9. The minimum Gasteiger partial charge on any atom is -0.258 e. The predicted octanol–water partition coefficient (Wildman–Crippen LogP) is 4.30. The van der Waals surface area contributed by atoms with Crippen molar-refractivity contribution in [3.63, 3.8) is 0 Å². The Morgan fingerprint density at radius 2 is 1.78 bits per heavy atom. The molecule has 0 aliphatic heterocycles. The van der Waals surface area contributed by atoms with Crippen LogP contribution in [0.5, 0.6) is 0 Å². The lowest BCUT2D eigenvalue weighted by Gasteiger charge is -2.06. The molecule has 0 heterocycles. The fourth-order valence-corrected chi connectivity index (χ4v) is 2.00. The number of hydrogen-bond donors (Lipinski definition) is 0. The summed E-state index contributed by atoms with van der Waals surface area (Å²) in [5, 5.41) is 10.7. The Hall–Kier alpha value is -1.82. The smallest absolute Gasteiger partial charge is 0.258 e. The third kappa shape index (κ3) is 2.38. The van der Waals surface area contributed by atoms with Gasteiger partial charge in [-0.3, -0.25) is 10.1 Å². The molecule has 0 aliphatic carbocycles. The van der Waals surface area contributed by atoms with Crippen molar-refractivity contribution in [1.29, 1.82) is 0 Å². The molecule has 0 amide bonds. The molecule has 18 heavy (non-hydrogen) atoms. The molecule has 0 aromatic heterocycles. The standard InChI is InChI=1S/C12H6BrF2NO2/c13-11-4-2-8(16(17)18)6-10(11)9-3-1-7(14)5-12(9)15/h1-6H. The van der Waals surface area contributed by atoms with Gasteiger partial charge in [0.2, 0.25) is 0 Å². The van der Waals surface area contributed by atoms with E-state index in [1.165, 1.54) is 24.3 Å². The minimum atomic E-state index is -0.767. The van der Waals surface area contributed by atoms with Crippen molar-refractivity contribution in [1.82, 2.24) is 0 Å². The molecule has 0 saturated carbocycles. The Morgan fingerprint density at radius 1 is 1.06 bits per heavy atom. The summed E-state index contributed by atoms with van der Waals surface area (Å²) in [5.41, 5.74) is 0.255. The monoisotopic (exact) mass is 313 g/mol. The van der Waals surface area contributed by atoms with E-state index in [0.29, 0.717) is 10.0 Å². The zero-order chi connectivity index (χ0) is 13.3. The van der Waals surface area contributed by atoms with Crippen LogP contribution in [-0.4, -0.2) is 4.92 Å². The minimum absolute atomic E-state index is 0.104. The molecule has 0 unspecified atom stereocenters. The van der Waals surface area contributed by atoms with E-state index in [4.69, 9.17) is 0 Å². The highest BCUT2D eigenvalue weighted by atomic mass is 79.9. The van der Waals surface area contributed by atoms with Crippen molar-refractivity contribution in [2.45, 2.75) is 0 Å². The predicted molar refractivity (Wildman–Crippen MR) is 66.1 cm³/mol. The van der Waals surface area contributed by atoms with Crippen molar-refractivity contribution in [2.24, 2.45) is 0 Å². The van der Waals surface area contributed by atoms with Crippen LogP contribution in [0.1, 0.15) is 0 Å². The molecule has 0 atom stereocenters. The van der Waals surface area contributed by atoms with Gasteiger partial charge in [0.1, 0.15) is 11.6 Å². The number of nitrogens with zero attached hydrogens (tertiary/aromatic N) is 1. The maximum absolute atomic E-state index is 13.6. The van der Waals surface area contributed by atoms with Crippen LogP contribution in [0.25, 0.3) is 11.1 Å². The van der Waals surface area contributed by atoms with Gasteiger partial charge >= 0.3 is 0 Å². The Bertz CT molecular complexity index is 631. The number of rotatable bonds is 2. The highest BCUT2D eigenvalue weighted by Crippen LogP contribution is 2.33. The van der Waals surface area contributed by atoms with E-state index >= 15 is 0 Å². The van der Waals surface area contributed by atoms with Crippen LogP contribution >= 0.6 is 15.9 Å². The average molecular weight is 314 g/mol. The van der Waals surface area contributed by atoms with Crippen LogP contribution in [0.2, 0.25) is 0 Å². The normalized spacial score (nSPS) is 10.4. The van der Waals surface area contributed by atoms with E-state index < -0.39 is 16.6 Å². The van der Waals surface area contributed by atoms with E-state index in [0.717, 1.165) is 12.1 Å². The van der Waals surface area contributed by atoms with Crippen molar-refractivity contribution in [2.75, 3.05) is 0 Å². The molecule has 2 rings (SSSR count). The van der Waals surface area contributed by atoms with Gasteiger partial charge < -0.3 is 0 Å². The van der Waals surface area contributed by atoms with E-state index in [9.17, 15) is 18.9 Å². The maximum atomic E-state index is 13.6. The maximum Gasteiger partial charge on any atom is 0.270 e. The van der Waals surface area contributed by atoms with Gasteiger partial charge in [0, 0.05) is 33.8 Å². The van der Waals surface area contributed by atoms with Gasteiger partial charge in [-0.25, -0.2) is 8.78 Å². The summed E-state index contributed by atoms with van der Waals surface area (Å²) in [6.45, 7) is 0. The van der Waals surface area contributed by atoms with Crippen LogP contribution < -0.4 is 0 Å². The molecule has 0 spiro atoms. The topological polar surface area (TPSA) is 43.1 Å². The second-order valence-corrected chi connectivity index (χ2v) is 4.40. The highest BCUT2D eigenvalue weighted by Gasteiger charge is 2.14. The highest BCUT2D eigenvalue weighted by molar-refractivity contribution is 9.10. The Morgan fingerprint density at radius 3 is 2.39 bits per heavy atom. The molecular formula is C12H6BrF2NO2. The summed E-state index contributed by atoms with van der Waals surface area (Å²) >= 11 is 3.19. The lowest BCUT2D eigenvalue weighted by molar-refractivity contribution is -0.384.